The molecule has 0 aromatic heterocycles. The van der Waals surface area contributed by atoms with Gasteiger partial charge >= 0.3 is 6.18 Å². The molecule has 0 N–H and O–H groups in total. The van der Waals surface area contributed by atoms with Gasteiger partial charge in [-0.25, -0.2) is 0 Å². The van der Waals surface area contributed by atoms with Gasteiger partial charge in [0.2, 0.25) is 0 Å². The minimum atomic E-state index is -4.06. The van der Waals surface area contributed by atoms with E-state index >= 15 is 0 Å². The predicted molar refractivity (Wildman–Crippen MR) is 45.4 cm³/mol. The summed E-state index contributed by atoms with van der Waals surface area (Å²) in [6, 6.07) is 2.05. The van der Waals surface area contributed by atoms with Crippen molar-refractivity contribution >= 4 is 0 Å². The summed E-state index contributed by atoms with van der Waals surface area (Å²) >= 11 is 0. The highest BCUT2D eigenvalue weighted by Gasteiger charge is 2.30. The van der Waals surface area contributed by atoms with Crippen molar-refractivity contribution in [2.24, 2.45) is 5.92 Å². The molecule has 0 radical (unpaired) electrons. The van der Waals surface area contributed by atoms with Gasteiger partial charge in [-0.2, -0.15) is 18.4 Å². The molecule has 0 aromatic rings. The first kappa shape index (κ1) is 11.3. The molecule has 1 fully saturated rings. The Morgan fingerprint density at radius 3 is 2.71 bits per heavy atom. The average Bonchev–Trinajstić information content (AvgIpc) is 2.49. The number of nitrogens with zero attached hydrogens (tertiary/aromatic N) is 2. The minimum Gasteiger partial charge on any atom is -0.303 e. The van der Waals surface area contributed by atoms with Gasteiger partial charge in [-0.3, -0.25) is 0 Å². The van der Waals surface area contributed by atoms with E-state index in [0.29, 0.717) is 19.5 Å². The van der Waals surface area contributed by atoms with Crippen LogP contribution in [0, 0.1) is 17.2 Å². The highest BCUT2D eigenvalue weighted by molar-refractivity contribution is 4.83. The molecule has 14 heavy (non-hydrogen) atoms. The number of rotatable bonds is 3. The fraction of sp³-hybridized carbons (Fsp3) is 0.889. The Balaban J connectivity index is 2.20. The van der Waals surface area contributed by atoms with Crippen LogP contribution in [0.3, 0.4) is 0 Å². The van der Waals surface area contributed by atoms with Crippen LogP contribution in [0.1, 0.15) is 19.3 Å². The highest BCUT2D eigenvalue weighted by Crippen LogP contribution is 2.23. The summed E-state index contributed by atoms with van der Waals surface area (Å²) in [7, 11) is 0. The maximum atomic E-state index is 11.9. The SMILES string of the molecule is N#CCC1CCN(CCC(F)(F)F)C1. The zero-order chi connectivity index (χ0) is 10.6. The summed E-state index contributed by atoms with van der Waals surface area (Å²) in [5.74, 6) is 0.272. The fourth-order valence-electron chi connectivity index (χ4n) is 1.70. The molecule has 1 unspecified atom stereocenters. The van der Waals surface area contributed by atoms with Crippen LogP contribution in [0.2, 0.25) is 0 Å². The van der Waals surface area contributed by atoms with E-state index in [2.05, 4.69) is 6.07 Å². The van der Waals surface area contributed by atoms with Gasteiger partial charge in [-0.15, -0.1) is 0 Å². The van der Waals surface area contributed by atoms with E-state index in [1.807, 2.05) is 0 Å². The number of nitriles is 1. The maximum Gasteiger partial charge on any atom is 0.390 e. The molecular weight excluding hydrogens is 193 g/mol. The molecule has 0 saturated carbocycles. The largest absolute Gasteiger partial charge is 0.390 e. The summed E-state index contributed by atoms with van der Waals surface area (Å²) in [5, 5.41) is 8.42. The third kappa shape index (κ3) is 3.97. The van der Waals surface area contributed by atoms with Crippen molar-refractivity contribution in [2.75, 3.05) is 19.6 Å². The molecule has 1 aliphatic heterocycles. The molecule has 1 aliphatic rings. The van der Waals surface area contributed by atoms with E-state index in [-0.39, 0.29) is 12.5 Å². The molecule has 5 heteroatoms. The Bertz CT molecular complexity index is 219. The van der Waals surface area contributed by atoms with Gasteiger partial charge in [0.05, 0.1) is 12.5 Å². The minimum absolute atomic E-state index is 0.0748. The second-order valence-corrected chi connectivity index (χ2v) is 3.68. The number of hydrogen-bond donors (Lipinski definition) is 0. The lowest BCUT2D eigenvalue weighted by molar-refractivity contribution is -0.137. The van der Waals surface area contributed by atoms with Gasteiger partial charge in [0.1, 0.15) is 0 Å². The van der Waals surface area contributed by atoms with Crippen molar-refractivity contribution < 1.29 is 13.2 Å². The Labute approximate surface area is 81.3 Å². The van der Waals surface area contributed by atoms with E-state index in [1.54, 1.807) is 4.90 Å². The molecular formula is C9H13F3N2. The third-order valence-electron chi connectivity index (χ3n) is 2.46. The highest BCUT2D eigenvalue weighted by atomic mass is 19.4. The van der Waals surface area contributed by atoms with Crippen LogP contribution in [0.4, 0.5) is 13.2 Å². The van der Waals surface area contributed by atoms with Crippen molar-refractivity contribution in [1.82, 2.24) is 4.90 Å². The second-order valence-electron chi connectivity index (χ2n) is 3.68. The van der Waals surface area contributed by atoms with Crippen molar-refractivity contribution in [2.45, 2.75) is 25.4 Å². The van der Waals surface area contributed by atoms with Gasteiger partial charge in [-0.1, -0.05) is 0 Å². The number of likely N-dealkylation sites (tertiary alicyclic amines) is 1. The maximum absolute atomic E-state index is 11.9. The van der Waals surface area contributed by atoms with Crippen LogP contribution in [0.25, 0.3) is 0 Å². The summed E-state index contributed by atoms with van der Waals surface area (Å²) < 4.78 is 35.6. The van der Waals surface area contributed by atoms with Gasteiger partial charge < -0.3 is 4.90 Å². The van der Waals surface area contributed by atoms with Gasteiger partial charge in [0.15, 0.2) is 0 Å². The summed E-state index contributed by atoms with van der Waals surface area (Å²) in [5.41, 5.74) is 0. The number of alkyl halides is 3. The first-order valence-electron chi connectivity index (χ1n) is 4.67. The van der Waals surface area contributed by atoms with Crippen molar-refractivity contribution in [3.8, 4) is 6.07 Å². The lowest BCUT2D eigenvalue weighted by Crippen LogP contribution is -2.26. The lowest BCUT2D eigenvalue weighted by atomic mass is 10.1. The summed E-state index contributed by atoms with van der Waals surface area (Å²) in [4.78, 5) is 1.79. The molecule has 0 amide bonds. The standard InChI is InChI=1S/C9H13F3N2/c10-9(11,12)3-6-14-5-2-8(7-14)1-4-13/h8H,1-3,5-7H2. The summed E-state index contributed by atoms with van der Waals surface area (Å²) in [6.45, 7) is 1.41. The van der Waals surface area contributed by atoms with Crippen LogP contribution >= 0.6 is 0 Å². The Hall–Kier alpha value is -0.760. The second kappa shape index (κ2) is 4.65. The molecule has 2 nitrogen and oxygen atoms in total. The fourth-order valence-corrected chi connectivity index (χ4v) is 1.70. The smallest absolute Gasteiger partial charge is 0.303 e. The predicted octanol–water partition coefficient (Wildman–Crippen LogP) is 2.17. The quantitative estimate of drug-likeness (QED) is 0.707. The van der Waals surface area contributed by atoms with Gasteiger partial charge in [0, 0.05) is 19.5 Å². The number of hydrogen-bond acceptors (Lipinski definition) is 2. The normalized spacial score (nSPS) is 23.7. The van der Waals surface area contributed by atoms with E-state index in [0.717, 1.165) is 6.42 Å². The van der Waals surface area contributed by atoms with Crippen molar-refractivity contribution in [1.29, 1.82) is 5.26 Å². The van der Waals surface area contributed by atoms with Crippen molar-refractivity contribution in [3.63, 3.8) is 0 Å². The lowest BCUT2D eigenvalue weighted by Gasteiger charge is -2.16. The molecule has 1 rings (SSSR count). The van der Waals surface area contributed by atoms with Crippen LogP contribution in [-0.4, -0.2) is 30.7 Å². The van der Waals surface area contributed by atoms with E-state index in [4.69, 9.17) is 5.26 Å². The third-order valence-corrected chi connectivity index (χ3v) is 2.46. The van der Waals surface area contributed by atoms with Gasteiger partial charge in [-0.05, 0) is 18.9 Å². The van der Waals surface area contributed by atoms with E-state index in [9.17, 15) is 13.2 Å². The monoisotopic (exact) mass is 206 g/mol. The van der Waals surface area contributed by atoms with Crippen molar-refractivity contribution in [3.05, 3.63) is 0 Å². The molecule has 1 atom stereocenters. The van der Waals surface area contributed by atoms with E-state index in [1.165, 1.54) is 0 Å². The summed E-state index contributed by atoms with van der Waals surface area (Å²) in [6.07, 6.45) is -3.49. The average molecular weight is 206 g/mol. The molecule has 0 spiro atoms. The molecule has 0 aromatic carbocycles. The Kier molecular flexibility index (Phi) is 3.76. The Morgan fingerprint density at radius 2 is 2.14 bits per heavy atom. The molecule has 1 heterocycles. The first-order valence-corrected chi connectivity index (χ1v) is 4.67. The van der Waals surface area contributed by atoms with E-state index < -0.39 is 12.6 Å². The van der Waals surface area contributed by atoms with Crippen LogP contribution < -0.4 is 0 Å². The molecule has 0 aliphatic carbocycles. The zero-order valence-electron chi connectivity index (χ0n) is 7.85. The molecule has 80 valence electrons. The molecule has 1 saturated heterocycles. The molecule has 0 bridgehead atoms. The Morgan fingerprint density at radius 1 is 1.43 bits per heavy atom. The van der Waals surface area contributed by atoms with Crippen LogP contribution in [-0.2, 0) is 0 Å². The van der Waals surface area contributed by atoms with Gasteiger partial charge in [0.25, 0.3) is 0 Å². The first-order chi connectivity index (χ1) is 6.51. The van der Waals surface area contributed by atoms with Crippen LogP contribution in [0.5, 0.6) is 0 Å². The topological polar surface area (TPSA) is 27.0 Å². The number of halogens is 3. The van der Waals surface area contributed by atoms with Crippen LogP contribution in [0.15, 0.2) is 0 Å². The zero-order valence-corrected chi connectivity index (χ0v) is 7.85.